The molecule has 2 atom stereocenters. The van der Waals surface area contributed by atoms with Crippen molar-refractivity contribution in [1.82, 2.24) is 15.5 Å². The molecule has 1 aliphatic heterocycles. The number of nitrogens with zero attached hydrogens (tertiary/aromatic N) is 1. The number of rotatable bonds is 11. The second-order valence-corrected chi connectivity index (χ2v) is 7.44. The Morgan fingerprint density at radius 2 is 1.86 bits per heavy atom. The highest BCUT2D eigenvalue weighted by Gasteiger charge is 2.32. The maximum Gasteiger partial charge on any atom is 0.307 e. The van der Waals surface area contributed by atoms with E-state index >= 15 is 0 Å². The molecule has 1 aromatic carbocycles. The number of carbonyl (C=O) groups excluding carboxylic acids is 3. The summed E-state index contributed by atoms with van der Waals surface area (Å²) in [5.41, 5.74) is 0.926. The van der Waals surface area contributed by atoms with Gasteiger partial charge in [0.15, 0.2) is 0 Å². The Kier molecular flexibility index (Phi) is 9.64. The maximum absolute atomic E-state index is 12.4. The summed E-state index contributed by atoms with van der Waals surface area (Å²) in [6.07, 6.45) is 3.23. The maximum atomic E-state index is 12.4. The summed E-state index contributed by atoms with van der Waals surface area (Å²) in [6.45, 7) is 5.98. The molecule has 7 nitrogen and oxygen atoms in total. The van der Waals surface area contributed by atoms with Crippen molar-refractivity contribution in [3.8, 4) is 0 Å². The first kappa shape index (κ1) is 22.9. The van der Waals surface area contributed by atoms with Crippen LogP contribution in [0.25, 0.3) is 0 Å². The summed E-state index contributed by atoms with van der Waals surface area (Å²) in [5.74, 6) is -0.541. The van der Waals surface area contributed by atoms with Gasteiger partial charge in [0.2, 0.25) is 11.8 Å². The lowest BCUT2D eigenvalue weighted by molar-refractivity contribution is -0.144. The third-order valence-electron chi connectivity index (χ3n) is 5.30. The Labute approximate surface area is 173 Å². The lowest BCUT2D eigenvalue weighted by Gasteiger charge is -2.29. The first-order valence-corrected chi connectivity index (χ1v) is 10.5. The third-order valence-corrected chi connectivity index (χ3v) is 5.30. The topological polar surface area (TPSA) is 87.7 Å². The van der Waals surface area contributed by atoms with Gasteiger partial charge in [-0.15, -0.1) is 0 Å². The second-order valence-electron chi connectivity index (χ2n) is 7.44. The van der Waals surface area contributed by atoms with Crippen molar-refractivity contribution in [2.75, 3.05) is 19.6 Å². The number of hydrogen-bond acceptors (Lipinski definition) is 5. The zero-order valence-corrected chi connectivity index (χ0v) is 17.5. The average Bonchev–Trinajstić information content (AvgIpc) is 3.22. The van der Waals surface area contributed by atoms with Crippen molar-refractivity contribution in [1.29, 1.82) is 0 Å². The van der Waals surface area contributed by atoms with Crippen LogP contribution in [-0.2, 0) is 25.7 Å². The molecule has 160 valence electrons. The normalized spacial score (nSPS) is 17.5. The molecule has 1 aromatic rings. The van der Waals surface area contributed by atoms with E-state index < -0.39 is 0 Å². The molecule has 1 fully saturated rings. The molecule has 0 saturated carbocycles. The van der Waals surface area contributed by atoms with Crippen LogP contribution in [0.4, 0.5) is 0 Å². The molecule has 1 aliphatic rings. The molecule has 2 unspecified atom stereocenters. The Balaban J connectivity index is 1.56. The molecule has 2 amide bonds. The van der Waals surface area contributed by atoms with Crippen molar-refractivity contribution in [2.24, 2.45) is 0 Å². The van der Waals surface area contributed by atoms with Gasteiger partial charge in [-0.2, -0.15) is 0 Å². The zero-order chi connectivity index (χ0) is 21.1. The van der Waals surface area contributed by atoms with E-state index in [4.69, 9.17) is 4.74 Å². The Morgan fingerprint density at radius 1 is 1.14 bits per heavy atom. The Morgan fingerprint density at radius 3 is 2.59 bits per heavy atom. The molecule has 0 aromatic heterocycles. The second kappa shape index (κ2) is 12.2. The molecular formula is C22H33N3O4. The van der Waals surface area contributed by atoms with Crippen LogP contribution in [0.3, 0.4) is 0 Å². The fraction of sp³-hybridized carbons (Fsp3) is 0.591. The fourth-order valence-electron chi connectivity index (χ4n) is 3.45. The van der Waals surface area contributed by atoms with Gasteiger partial charge in [-0.1, -0.05) is 37.3 Å². The summed E-state index contributed by atoms with van der Waals surface area (Å²) in [7, 11) is 0. The van der Waals surface area contributed by atoms with Crippen LogP contribution in [0.2, 0.25) is 0 Å². The van der Waals surface area contributed by atoms with Crippen LogP contribution in [0.5, 0.6) is 0 Å². The van der Waals surface area contributed by atoms with Crippen LogP contribution in [0.15, 0.2) is 30.3 Å². The van der Waals surface area contributed by atoms with Crippen molar-refractivity contribution < 1.29 is 19.1 Å². The van der Waals surface area contributed by atoms with Crippen molar-refractivity contribution >= 4 is 17.8 Å². The van der Waals surface area contributed by atoms with Gasteiger partial charge in [0, 0.05) is 25.6 Å². The molecule has 29 heavy (non-hydrogen) atoms. The van der Waals surface area contributed by atoms with Crippen LogP contribution in [0, 0.1) is 0 Å². The molecule has 7 heteroatoms. The summed E-state index contributed by atoms with van der Waals surface area (Å²) in [5, 5.41) is 5.56. The minimum absolute atomic E-state index is 0.0000831. The molecule has 1 heterocycles. The smallest absolute Gasteiger partial charge is 0.307 e. The van der Waals surface area contributed by atoms with Crippen LogP contribution in [0.1, 0.15) is 51.5 Å². The minimum atomic E-state index is -0.353. The minimum Gasteiger partial charge on any atom is -0.461 e. The highest BCUT2D eigenvalue weighted by Crippen LogP contribution is 2.21. The molecule has 2 rings (SSSR count). The number of benzene rings is 1. The highest BCUT2D eigenvalue weighted by atomic mass is 16.5. The molecule has 0 radical (unpaired) electrons. The molecule has 2 N–H and O–H groups in total. The van der Waals surface area contributed by atoms with Gasteiger partial charge in [-0.25, -0.2) is 0 Å². The monoisotopic (exact) mass is 403 g/mol. The SMILES string of the molecule is CCC(C)N1CCCC1C(=O)NCCC(=O)NCCC(=O)OCc1ccccc1. The lowest BCUT2D eigenvalue weighted by atomic mass is 10.1. The van der Waals surface area contributed by atoms with E-state index in [9.17, 15) is 14.4 Å². The summed E-state index contributed by atoms with van der Waals surface area (Å²) < 4.78 is 5.17. The lowest BCUT2D eigenvalue weighted by Crippen LogP contribution is -2.47. The van der Waals surface area contributed by atoms with Gasteiger partial charge in [0.25, 0.3) is 0 Å². The summed E-state index contributed by atoms with van der Waals surface area (Å²) >= 11 is 0. The number of likely N-dealkylation sites (tertiary alicyclic amines) is 1. The molecule has 1 saturated heterocycles. The Hall–Kier alpha value is -2.41. The van der Waals surface area contributed by atoms with Crippen LogP contribution >= 0.6 is 0 Å². The van der Waals surface area contributed by atoms with E-state index in [1.165, 1.54) is 0 Å². The van der Waals surface area contributed by atoms with E-state index in [0.717, 1.165) is 31.4 Å². The molecule has 0 spiro atoms. The largest absolute Gasteiger partial charge is 0.461 e. The first-order valence-electron chi connectivity index (χ1n) is 10.5. The predicted molar refractivity (Wildman–Crippen MR) is 111 cm³/mol. The van der Waals surface area contributed by atoms with Crippen LogP contribution in [-0.4, -0.2) is 54.4 Å². The number of carbonyl (C=O) groups is 3. The van der Waals surface area contributed by atoms with Gasteiger partial charge in [0.1, 0.15) is 6.61 Å². The highest BCUT2D eigenvalue weighted by molar-refractivity contribution is 5.83. The molecule has 0 aliphatic carbocycles. The third kappa shape index (κ3) is 7.85. The number of hydrogen-bond donors (Lipinski definition) is 2. The zero-order valence-electron chi connectivity index (χ0n) is 17.5. The Bertz CT molecular complexity index is 665. The van der Waals surface area contributed by atoms with Crippen LogP contribution < -0.4 is 10.6 Å². The first-order chi connectivity index (χ1) is 14.0. The van der Waals surface area contributed by atoms with Gasteiger partial charge in [0.05, 0.1) is 12.5 Å². The van der Waals surface area contributed by atoms with E-state index in [1.807, 2.05) is 30.3 Å². The van der Waals surface area contributed by atoms with Gasteiger partial charge in [-0.05, 0) is 38.3 Å². The summed E-state index contributed by atoms with van der Waals surface area (Å²) in [4.78, 5) is 38.3. The van der Waals surface area contributed by atoms with Gasteiger partial charge < -0.3 is 15.4 Å². The predicted octanol–water partition coefficient (Wildman–Crippen LogP) is 2.01. The van der Waals surface area contributed by atoms with E-state index in [0.29, 0.717) is 12.6 Å². The van der Waals surface area contributed by atoms with Crippen molar-refractivity contribution in [2.45, 2.75) is 64.6 Å². The van der Waals surface area contributed by atoms with Crippen molar-refractivity contribution in [3.05, 3.63) is 35.9 Å². The van der Waals surface area contributed by atoms with E-state index in [1.54, 1.807) is 0 Å². The number of amides is 2. The van der Waals surface area contributed by atoms with Gasteiger partial charge >= 0.3 is 5.97 Å². The number of ether oxygens (including phenoxy) is 1. The van der Waals surface area contributed by atoms with E-state index in [2.05, 4.69) is 29.4 Å². The summed E-state index contributed by atoms with van der Waals surface area (Å²) in [6, 6.07) is 9.74. The van der Waals surface area contributed by atoms with E-state index in [-0.39, 0.29) is 49.8 Å². The molecular weight excluding hydrogens is 370 g/mol. The molecule has 0 bridgehead atoms. The average molecular weight is 404 g/mol. The van der Waals surface area contributed by atoms with Crippen molar-refractivity contribution in [3.63, 3.8) is 0 Å². The standard InChI is InChI=1S/C22H33N3O4/c1-3-17(2)25-15-7-10-19(25)22(28)24-13-11-20(26)23-14-12-21(27)29-16-18-8-5-4-6-9-18/h4-6,8-9,17,19H,3,7,10-16H2,1-2H3,(H,23,26)(H,24,28). The van der Waals surface area contributed by atoms with Gasteiger partial charge in [-0.3, -0.25) is 19.3 Å². The number of esters is 1. The number of nitrogens with one attached hydrogen (secondary N) is 2. The fourth-order valence-corrected chi connectivity index (χ4v) is 3.45. The quantitative estimate of drug-likeness (QED) is 0.552.